The van der Waals surface area contributed by atoms with Crippen LogP contribution in [0.25, 0.3) is 11.0 Å². The SMILES string of the molecule is CCCNc1nc(SCCC)nc2c1cnn2CCNC(=O)COc1ccccc1C. The van der Waals surface area contributed by atoms with E-state index < -0.39 is 0 Å². The Kier molecular flexibility index (Phi) is 8.52. The van der Waals surface area contributed by atoms with Gasteiger partial charge in [-0.05, 0) is 31.4 Å². The van der Waals surface area contributed by atoms with Crippen LogP contribution in [0.3, 0.4) is 0 Å². The van der Waals surface area contributed by atoms with E-state index >= 15 is 0 Å². The number of carbonyl (C=O) groups is 1. The molecule has 2 N–H and O–H groups in total. The molecule has 31 heavy (non-hydrogen) atoms. The Morgan fingerprint density at radius 2 is 2.00 bits per heavy atom. The molecule has 0 saturated heterocycles. The van der Waals surface area contributed by atoms with Gasteiger partial charge >= 0.3 is 0 Å². The van der Waals surface area contributed by atoms with Gasteiger partial charge in [-0.25, -0.2) is 14.6 Å². The number of para-hydroxylation sites is 1. The molecule has 0 fully saturated rings. The zero-order valence-corrected chi connectivity index (χ0v) is 19.2. The van der Waals surface area contributed by atoms with Crippen molar-refractivity contribution in [1.29, 1.82) is 0 Å². The lowest BCUT2D eigenvalue weighted by Crippen LogP contribution is -2.31. The highest BCUT2D eigenvalue weighted by atomic mass is 32.2. The molecule has 0 bridgehead atoms. The fourth-order valence-electron chi connectivity index (χ4n) is 2.95. The third-order valence-corrected chi connectivity index (χ3v) is 5.60. The Morgan fingerprint density at radius 3 is 2.77 bits per heavy atom. The molecule has 2 aromatic heterocycles. The number of nitrogens with zero attached hydrogens (tertiary/aromatic N) is 4. The number of ether oxygens (including phenoxy) is 1. The maximum atomic E-state index is 12.2. The standard InChI is InChI=1S/C22H30N6O2S/c1-4-10-24-20-17-14-25-28(21(17)27-22(26-20)31-13-5-2)12-11-23-19(29)15-30-18-9-7-6-8-16(18)3/h6-9,14H,4-5,10-13,15H2,1-3H3,(H,23,29)(H,24,26,27). The van der Waals surface area contributed by atoms with Crippen LogP contribution in [0.2, 0.25) is 0 Å². The second-order valence-corrected chi connectivity index (χ2v) is 8.20. The van der Waals surface area contributed by atoms with Gasteiger partial charge in [-0.1, -0.05) is 43.8 Å². The molecular formula is C22H30N6O2S. The molecule has 0 radical (unpaired) electrons. The van der Waals surface area contributed by atoms with E-state index in [0.29, 0.717) is 13.1 Å². The van der Waals surface area contributed by atoms with Crippen LogP contribution in [0.1, 0.15) is 32.3 Å². The lowest BCUT2D eigenvalue weighted by molar-refractivity contribution is -0.123. The molecule has 0 unspecified atom stereocenters. The predicted octanol–water partition coefficient (Wildman–Crippen LogP) is 3.65. The minimum absolute atomic E-state index is 0.0181. The lowest BCUT2D eigenvalue weighted by Gasteiger charge is -2.10. The van der Waals surface area contributed by atoms with Crippen LogP contribution in [0.4, 0.5) is 5.82 Å². The molecule has 0 aliphatic heterocycles. The summed E-state index contributed by atoms with van der Waals surface area (Å²) in [6, 6.07) is 7.64. The number of thioether (sulfide) groups is 1. The summed E-state index contributed by atoms with van der Waals surface area (Å²) >= 11 is 1.64. The Hall–Kier alpha value is -2.81. The summed E-state index contributed by atoms with van der Waals surface area (Å²) in [6.07, 6.45) is 3.85. The highest BCUT2D eigenvalue weighted by Gasteiger charge is 2.13. The highest BCUT2D eigenvalue weighted by molar-refractivity contribution is 7.99. The van der Waals surface area contributed by atoms with Crippen LogP contribution in [0, 0.1) is 6.92 Å². The smallest absolute Gasteiger partial charge is 0.258 e. The molecule has 3 rings (SSSR count). The molecule has 1 aromatic carbocycles. The number of rotatable bonds is 12. The van der Waals surface area contributed by atoms with Gasteiger partial charge in [0.1, 0.15) is 11.6 Å². The van der Waals surface area contributed by atoms with Gasteiger partial charge in [-0.15, -0.1) is 0 Å². The van der Waals surface area contributed by atoms with E-state index in [1.54, 1.807) is 18.0 Å². The number of hydrogen-bond donors (Lipinski definition) is 2. The summed E-state index contributed by atoms with van der Waals surface area (Å²) in [5.74, 6) is 2.33. The van der Waals surface area contributed by atoms with E-state index in [-0.39, 0.29) is 12.5 Å². The number of carbonyl (C=O) groups excluding carboxylic acids is 1. The van der Waals surface area contributed by atoms with Crippen molar-refractivity contribution in [2.24, 2.45) is 0 Å². The van der Waals surface area contributed by atoms with Gasteiger partial charge in [-0.2, -0.15) is 5.10 Å². The molecule has 1 amide bonds. The van der Waals surface area contributed by atoms with E-state index in [4.69, 9.17) is 9.72 Å². The first-order valence-corrected chi connectivity index (χ1v) is 11.7. The molecule has 9 heteroatoms. The number of benzene rings is 1. The van der Waals surface area contributed by atoms with E-state index in [1.165, 1.54) is 0 Å². The van der Waals surface area contributed by atoms with E-state index in [2.05, 4.69) is 34.6 Å². The summed E-state index contributed by atoms with van der Waals surface area (Å²) in [5, 5.41) is 12.4. The van der Waals surface area contributed by atoms with Crippen molar-refractivity contribution in [3.05, 3.63) is 36.0 Å². The van der Waals surface area contributed by atoms with Crippen molar-refractivity contribution >= 4 is 34.5 Å². The van der Waals surface area contributed by atoms with Crippen molar-refractivity contribution in [2.45, 2.75) is 45.3 Å². The van der Waals surface area contributed by atoms with E-state index in [1.807, 2.05) is 35.9 Å². The number of aromatic nitrogens is 4. The summed E-state index contributed by atoms with van der Waals surface area (Å²) < 4.78 is 7.41. The zero-order chi connectivity index (χ0) is 22.1. The van der Waals surface area contributed by atoms with Gasteiger partial charge in [0.05, 0.1) is 18.1 Å². The maximum absolute atomic E-state index is 12.2. The quantitative estimate of drug-likeness (QED) is 0.327. The first-order chi connectivity index (χ1) is 15.1. The minimum atomic E-state index is -0.168. The number of fused-ring (bicyclic) bond motifs is 1. The van der Waals surface area contributed by atoms with Crippen molar-refractivity contribution < 1.29 is 9.53 Å². The average molecular weight is 443 g/mol. The van der Waals surface area contributed by atoms with Crippen molar-refractivity contribution in [1.82, 2.24) is 25.1 Å². The summed E-state index contributed by atoms with van der Waals surface area (Å²) in [7, 11) is 0. The number of anilines is 1. The number of aryl methyl sites for hydroxylation is 1. The first-order valence-electron chi connectivity index (χ1n) is 10.7. The number of hydrogen-bond acceptors (Lipinski definition) is 7. The van der Waals surface area contributed by atoms with Crippen molar-refractivity contribution in [3.63, 3.8) is 0 Å². The minimum Gasteiger partial charge on any atom is -0.484 e. The van der Waals surface area contributed by atoms with Crippen LogP contribution >= 0.6 is 11.8 Å². The second-order valence-electron chi connectivity index (χ2n) is 7.14. The maximum Gasteiger partial charge on any atom is 0.258 e. The highest BCUT2D eigenvalue weighted by Crippen LogP contribution is 2.24. The Bertz CT molecular complexity index is 1010. The normalized spacial score (nSPS) is 10.9. The molecule has 166 valence electrons. The predicted molar refractivity (Wildman–Crippen MR) is 125 cm³/mol. The molecule has 2 heterocycles. The van der Waals surface area contributed by atoms with Crippen molar-refractivity contribution in [3.8, 4) is 5.75 Å². The number of amides is 1. The molecule has 0 atom stereocenters. The second kappa shape index (κ2) is 11.5. The van der Waals surface area contributed by atoms with E-state index in [9.17, 15) is 4.79 Å². The van der Waals surface area contributed by atoms with Crippen molar-refractivity contribution in [2.75, 3.05) is 30.8 Å². The lowest BCUT2D eigenvalue weighted by atomic mass is 10.2. The molecular weight excluding hydrogens is 412 g/mol. The Labute approximate surface area is 187 Å². The fourth-order valence-corrected chi connectivity index (χ4v) is 3.64. The molecule has 0 saturated carbocycles. The van der Waals surface area contributed by atoms with Gasteiger partial charge in [-0.3, -0.25) is 4.79 Å². The topological polar surface area (TPSA) is 94.0 Å². The van der Waals surface area contributed by atoms with Crippen LogP contribution in [-0.4, -0.2) is 51.1 Å². The average Bonchev–Trinajstić information content (AvgIpc) is 3.18. The third kappa shape index (κ3) is 6.33. The monoisotopic (exact) mass is 442 g/mol. The van der Waals surface area contributed by atoms with E-state index in [0.717, 1.165) is 58.5 Å². The Balaban J connectivity index is 1.61. The fraction of sp³-hybridized carbons (Fsp3) is 0.455. The molecule has 8 nitrogen and oxygen atoms in total. The Morgan fingerprint density at radius 1 is 1.16 bits per heavy atom. The van der Waals surface area contributed by atoms with Crippen LogP contribution in [0.5, 0.6) is 5.75 Å². The summed E-state index contributed by atoms with van der Waals surface area (Å²) in [4.78, 5) is 21.5. The third-order valence-electron chi connectivity index (χ3n) is 4.55. The largest absolute Gasteiger partial charge is 0.484 e. The van der Waals surface area contributed by atoms with Gasteiger partial charge in [0.2, 0.25) is 0 Å². The van der Waals surface area contributed by atoms with Gasteiger partial charge < -0.3 is 15.4 Å². The zero-order valence-electron chi connectivity index (χ0n) is 18.4. The first kappa shape index (κ1) is 22.9. The summed E-state index contributed by atoms with van der Waals surface area (Å²) in [5.41, 5.74) is 1.78. The summed E-state index contributed by atoms with van der Waals surface area (Å²) in [6.45, 7) is 7.98. The van der Waals surface area contributed by atoms with Crippen LogP contribution in [0.15, 0.2) is 35.6 Å². The van der Waals surface area contributed by atoms with Crippen LogP contribution in [-0.2, 0) is 11.3 Å². The van der Waals surface area contributed by atoms with Gasteiger partial charge in [0.15, 0.2) is 17.4 Å². The molecule has 0 aliphatic carbocycles. The number of nitrogens with one attached hydrogen (secondary N) is 2. The van der Waals surface area contributed by atoms with Crippen LogP contribution < -0.4 is 15.4 Å². The van der Waals surface area contributed by atoms with Gasteiger partial charge in [0.25, 0.3) is 5.91 Å². The molecule has 0 aliphatic rings. The molecule has 0 spiro atoms. The molecule has 3 aromatic rings. The van der Waals surface area contributed by atoms with Gasteiger partial charge in [0, 0.05) is 18.8 Å².